The van der Waals surface area contributed by atoms with E-state index in [1.165, 1.54) is 29.6 Å². The van der Waals surface area contributed by atoms with Crippen LogP contribution in [0.15, 0.2) is 107 Å². The largest absolute Gasteiger partial charge is 0.387 e. The lowest BCUT2D eigenvalue weighted by Crippen LogP contribution is -2.62. The summed E-state index contributed by atoms with van der Waals surface area (Å²) in [6.07, 6.45) is 33.0. The molecule has 1 heterocycles. The van der Waals surface area contributed by atoms with Crippen LogP contribution in [0.1, 0.15) is 108 Å². The third-order valence-corrected chi connectivity index (χ3v) is 10.1. The van der Waals surface area contributed by atoms with Gasteiger partial charge in [-0.25, -0.2) is 0 Å². The van der Waals surface area contributed by atoms with Gasteiger partial charge in [0.2, 0.25) is 0 Å². The first kappa shape index (κ1) is 35.0. The highest BCUT2D eigenvalue weighted by Crippen LogP contribution is 2.52. The van der Waals surface area contributed by atoms with Gasteiger partial charge in [0.1, 0.15) is 5.60 Å². The molecule has 0 spiro atoms. The second-order valence-corrected chi connectivity index (χ2v) is 14.9. The van der Waals surface area contributed by atoms with Crippen LogP contribution in [0.25, 0.3) is 0 Å². The lowest BCUT2D eigenvalue weighted by Gasteiger charge is -2.53. The van der Waals surface area contributed by atoms with Crippen molar-refractivity contribution >= 4 is 0 Å². The Morgan fingerprint density at radius 1 is 0.698 bits per heavy atom. The van der Waals surface area contributed by atoms with E-state index in [0.29, 0.717) is 6.42 Å². The summed E-state index contributed by atoms with van der Waals surface area (Å²) in [5.74, 6) is 0. The topological polar surface area (TPSA) is 49.7 Å². The molecule has 4 atom stereocenters. The molecule has 0 unspecified atom stereocenters. The lowest BCUT2D eigenvalue weighted by atomic mass is 9.58. The fourth-order valence-corrected chi connectivity index (χ4v) is 7.09. The van der Waals surface area contributed by atoms with Crippen LogP contribution in [-0.4, -0.2) is 33.1 Å². The molecular weight excluding hydrogens is 528 g/mol. The Morgan fingerprint density at radius 2 is 1.23 bits per heavy atom. The zero-order chi connectivity index (χ0) is 32.1. The third-order valence-electron chi connectivity index (χ3n) is 10.1. The molecular formula is C40H58O3. The molecule has 0 aromatic carbocycles. The third kappa shape index (κ3) is 8.38. The van der Waals surface area contributed by atoms with Crippen molar-refractivity contribution in [2.24, 2.45) is 10.8 Å². The number of aliphatic hydroxyl groups is 2. The van der Waals surface area contributed by atoms with Crippen molar-refractivity contribution in [3.63, 3.8) is 0 Å². The van der Waals surface area contributed by atoms with E-state index in [4.69, 9.17) is 4.74 Å². The van der Waals surface area contributed by atoms with Gasteiger partial charge in [-0.1, -0.05) is 111 Å². The Hall–Kier alpha value is -2.46. The summed E-state index contributed by atoms with van der Waals surface area (Å²) in [7, 11) is 0. The van der Waals surface area contributed by atoms with Crippen LogP contribution >= 0.6 is 0 Å². The summed E-state index contributed by atoms with van der Waals surface area (Å²) in [6.45, 7) is 21.1. The van der Waals surface area contributed by atoms with Gasteiger partial charge in [-0.2, -0.15) is 0 Å². The standard InChI is InChI=1S/C40H58O3/c1-30(19-13-20-32(3)23-28-40(42)37(7,8)25-16-27-39(40,10)41)17-11-12-18-31(2)21-14-22-33(4)34-29-35-36(5,6)24-15-26-38(35,9)43-34/h11-14,17-23,28-29,34,41-42H,15-16,24-27H2,1-10H3/b12-11+,19-13+,21-14+,28-23+,30-17+,31-18+,32-20+,33-22+/t34-,38+,39+,40-/m0/s1. The van der Waals surface area contributed by atoms with E-state index in [1.807, 2.05) is 39.0 Å². The van der Waals surface area contributed by atoms with Crippen molar-refractivity contribution in [1.82, 2.24) is 0 Å². The highest BCUT2D eigenvalue weighted by atomic mass is 16.5. The summed E-state index contributed by atoms with van der Waals surface area (Å²) < 4.78 is 6.55. The molecule has 2 N–H and O–H groups in total. The van der Waals surface area contributed by atoms with Gasteiger partial charge in [-0.05, 0) is 114 Å². The number of rotatable bonds is 9. The second kappa shape index (κ2) is 13.7. The maximum atomic E-state index is 11.4. The van der Waals surface area contributed by atoms with Crippen molar-refractivity contribution in [1.29, 1.82) is 0 Å². The zero-order valence-corrected chi connectivity index (χ0v) is 28.6. The SMILES string of the molecule is CC(/C=C/C=C(C)/C=C/[C@]1(O)C(C)(C)CCC[C@@]1(C)O)=C\C=C\C=C(C)\C=C\C=C(/C)[C@@H]1C=C2C(C)(C)CCC[C@@]2(C)O1. The van der Waals surface area contributed by atoms with E-state index in [0.717, 1.165) is 30.4 Å². The monoisotopic (exact) mass is 586 g/mol. The molecule has 3 rings (SSSR count). The highest BCUT2D eigenvalue weighted by Gasteiger charge is 2.56. The predicted molar refractivity (Wildman–Crippen MR) is 184 cm³/mol. The summed E-state index contributed by atoms with van der Waals surface area (Å²) in [4.78, 5) is 0. The molecule has 0 saturated heterocycles. The van der Waals surface area contributed by atoms with Crippen molar-refractivity contribution in [3.8, 4) is 0 Å². The molecule has 0 bridgehead atoms. The minimum atomic E-state index is -1.26. The first-order valence-electron chi connectivity index (χ1n) is 16.2. The predicted octanol–water partition coefficient (Wildman–Crippen LogP) is 9.98. The zero-order valence-electron chi connectivity index (χ0n) is 28.6. The quantitative estimate of drug-likeness (QED) is 0.209. The van der Waals surface area contributed by atoms with Crippen LogP contribution in [-0.2, 0) is 4.74 Å². The molecule has 0 aromatic heterocycles. The molecule has 236 valence electrons. The molecule has 0 amide bonds. The van der Waals surface area contributed by atoms with Gasteiger partial charge >= 0.3 is 0 Å². The van der Waals surface area contributed by atoms with Gasteiger partial charge in [0.05, 0.1) is 17.3 Å². The smallest absolute Gasteiger partial charge is 0.116 e. The van der Waals surface area contributed by atoms with Gasteiger partial charge in [-0.3, -0.25) is 0 Å². The van der Waals surface area contributed by atoms with Crippen LogP contribution in [0.4, 0.5) is 0 Å². The minimum absolute atomic E-state index is 0.0636. The Bertz CT molecular complexity index is 1270. The average molecular weight is 587 g/mol. The van der Waals surface area contributed by atoms with Crippen LogP contribution in [0.2, 0.25) is 0 Å². The summed E-state index contributed by atoms with van der Waals surface area (Å²) in [5, 5.41) is 22.3. The van der Waals surface area contributed by atoms with E-state index in [-0.39, 0.29) is 22.5 Å². The number of allylic oxidation sites excluding steroid dienone is 14. The summed E-state index contributed by atoms with van der Waals surface area (Å²) in [5.41, 5.74) is 3.39. The van der Waals surface area contributed by atoms with E-state index >= 15 is 0 Å². The van der Waals surface area contributed by atoms with Crippen molar-refractivity contribution in [2.45, 2.75) is 131 Å². The summed E-state index contributed by atoms with van der Waals surface area (Å²) >= 11 is 0. The van der Waals surface area contributed by atoms with Crippen molar-refractivity contribution in [2.75, 3.05) is 0 Å². The average Bonchev–Trinajstić information content (AvgIpc) is 3.27. The van der Waals surface area contributed by atoms with Gasteiger partial charge < -0.3 is 14.9 Å². The molecule has 0 aromatic rings. The van der Waals surface area contributed by atoms with Crippen LogP contribution < -0.4 is 0 Å². The Morgan fingerprint density at radius 3 is 1.81 bits per heavy atom. The molecule has 2 fully saturated rings. The Kier molecular flexibility index (Phi) is 11.1. The van der Waals surface area contributed by atoms with Crippen LogP contribution in [0.3, 0.4) is 0 Å². The first-order chi connectivity index (χ1) is 19.9. The molecule has 3 aliphatic rings. The van der Waals surface area contributed by atoms with Gasteiger partial charge in [0.25, 0.3) is 0 Å². The number of hydrogen-bond acceptors (Lipinski definition) is 3. The highest BCUT2D eigenvalue weighted by molar-refractivity contribution is 5.37. The molecule has 0 radical (unpaired) electrons. The van der Waals surface area contributed by atoms with Crippen LogP contribution in [0, 0.1) is 10.8 Å². The Labute approximate surface area is 262 Å². The minimum Gasteiger partial charge on any atom is -0.387 e. The molecule has 1 aliphatic heterocycles. The van der Waals surface area contributed by atoms with Crippen LogP contribution in [0.5, 0.6) is 0 Å². The van der Waals surface area contributed by atoms with E-state index in [9.17, 15) is 10.2 Å². The number of fused-ring (bicyclic) bond motifs is 1. The van der Waals surface area contributed by atoms with E-state index in [1.54, 1.807) is 13.0 Å². The second-order valence-electron chi connectivity index (χ2n) is 14.9. The van der Waals surface area contributed by atoms with E-state index in [2.05, 4.69) is 96.2 Å². The lowest BCUT2D eigenvalue weighted by molar-refractivity contribution is -0.194. The maximum absolute atomic E-state index is 11.4. The fourth-order valence-electron chi connectivity index (χ4n) is 7.09. The van der Waals surface area contributed by atoms with Gasteiger partial charge in [-0.15, -0.1) is 0 Å². The van der Waals surface area contributed by atoms with Crippen molar-refractivity contribution in [3.05, 3.63) is 107 Å². The van der Waals surface area contributed by atoms with Gasteiger partial charge in [0.15, 0.2) is 0 Å². The maximum Gasteiger partial charge on any atom is 0.116 e. The Balaban J connectivity index is 1.53. The van der Waals surface area contributed by atoms with Gasteiger partial charge in [0, 0.05) is 0 Å². The molecule has 2 saturated carbocycles. The summed E-state index contributed by atoms with van der Waals surface area (Å²) in [6, 6.07) is 0. The number of ether oxygens (including phenoxy) is 1. The normalized spacial score (nSPS) is 34.1. The molecule has 3 heteroatoms. The van der Waals surface area contributed by atoms with E-state index < -0.39 is 11.2 Å². The first-order valence-corrected chi connectivity index (χ1v) is 16.2. The van der Waals surface area contributed by atoms with Crippen molar-refractivity contribution < 1.29 is 14.9 Å². The molecule has 3 nitrogen and oxygen atoms in total. The number of hydrogen-bond donors (Lipinski definition) is 2. The fraction of sp³-hybridized carbons (Fsp3) is 0.550. The molecule has 2 aliphatic carbocycles. The molecule has 43 heavy (non-hydrogen) atoms.